The standard InChI is InChI=1S/C9H8FNS/c10-9-7(4-2-6-12)3-1-5-8(9)11/h1,3,5,12H,6,11H2. The monoisotopic (exact) mass is 181 g/mol. The maximum Gasteiger partial charge on any atom is 0.161 e. The molecule has 0 bridgehead atoms. The molecule has 0 amide bonds. The Balaban J connectivity index is 3.08. The summed E-state index contributed by atoms with van der Waals surface area (Å²) in [5.41, 5.74) is 5.78. The van der Waals surface area contributed by atoms with Gasteiger partial charge in [0.2, 0.25) is 0 Å². The highest BCUT2D eigenvalue weighted by atomic mass is 32.1. The number of nitrogens with two attached hydrogens (primary N) is 1. The first-order valence-corrected chi connectivity index (χ1v) is 4.02. The number of anilines is 1. The van der Waals surface area contributed by atoms with E-state index in [-0.39, 0.29) is 5.69 Å². The highest BCUT2D eigenvalue weighted by Crippen LogP contribution is 2.12. The smallest absolute Gasteiger partial charge is 0.161 e. The zero-order valence-electron chi connectivity index (χ0n) is 6.34. The zero-order valence-corrected chi connectivity index (χ0v) is 7.24. The lowest BCUT2D eigenvalue weighted by Crippen LogP contribution is -1.92. The van der Waals surface area contributed by atoms with Crippen molar-refractivity contribution in [2.24, 2.45) is 0 Å². The lowest BCUT2D eigenvalue weighted by molar-refractivity contribution is 0.629. The Morgan fingerprint density at radius 2 is 2.25 bits per heavy atom. The quantitative estimate of drug-likeness (QED) is 0.355. The second-order valence-corrected chi connectivity index (χ2v) is 2.48. The molecule has 0 aliphatic heterocycles. The molecule has 1 aromatic rings. The van der Waals surface area contributed by atoms with Crippen molar-refractivity contribution < 1.29 is 4.39 Å². The Hall–Kier alpha value is -1.14. The van der Waals surface area contributed by atoms with Crippen LogP contribution in [0.3, 0.4) is 0 Å². The summed E-state index contributed by atoms with van der Waals surface area (Å²) in [6.45, 7) is 0. The topological polar surface area (TPSA) is 26.0 Å². The number of thiol groups is 1. The van der Waals surface area contributed by atoms with Gasteiger partial charge in [0.25, 0.3) is 0 Å². The van der Waals surface area contributed by atoms with Crippen LogP contribution in [0.1, 0.15) is 5.56 Å². The van der Waals surface area contributed by atoms with E-state index < -0.39 is 5.82 Å². The van der Waals surface area contributed by atoms with Crippen LogP contribution in [-0.2, 0) is 0 Å². The van der Waals surface area contributed by atoms with Crippen molar-refractivity contribution in [2.45, 2.75) is 0 Å². The van der Waals surface area contributed by atoms with Gasteiger partial charge in [0.1, 0.15) is 0 Å². The molecule has 2 N–H and O–H groups in total. The van der Waals surface area contributed by atoms with Crippen molar-refractivity contribution in [3.05, 3.63) is 29.6 Å². The van der Waals surface area contributed by atoms with E-state index in [4.69, 9.17) is 5.73 Å². The second kappa shape index (κ2) is 4.03. The molecule has 12 heavy (non-hydrogen) atoms. The van der Waals surface area contributed by atoms with Gasteiger partial charge < -0.3 is 5.73 Å². The van der Waals surface area contributed by atoms with Crippen molar-refractivity contribution in [3.63, 3.8) is 0 Å². The molecular formula is C9H8FNS. The number of rotatable bonds is 0. The number of benzene rings is 1. The molecule has 0 fully saturated rings. The molecule has 1 aromatic carbocycles. The zero-order chi connectivity index (χ0) is 8.97. The number of nitrogen functional groups attached to an aromatic ring is 1. The second-order valence-electron chi connectivity index (χ2n) is 2.17. The average Bonchev–Trinajstić information content (AvgIpc) is 2.08. The van der Waals surface area contributed by atoms with E-state index in [1.54, 1.807) is 12.1 Å². The third-order valence-corrected chi connectivity index (χ3v) is 1.49. The van der Waals surface area contributed by atoms with Gasteiger partial charge >= 0.3 is 0 Å². The number of hydrogen-bond acceptors (Lipinski definition) is 2. The van der Waals surface area contributed by atoms with Crippen LogP contribution in [0.2, 0.25) is 0 Å². The molecule has 0 heterocycles. The summed E-state index contributed by atoms with van der Waals surface area (Å²) in [5.74, 6) is 5.23. The van der Waals surface area contributed by atoms with Crippen LogP contribution in [0.4, 0.5) is 10.1 Å². The van der Waals surface area contributed by atoms with E-state index in [0.29, 0.717) is 11.3 Å². The lowest BCUT2D eigenvalue weighted by Gasteiger charge is -1.96. The van der Waals surface area contributed by atoms with Crippen LogP contribution in [-0.4, -0.2) is 5.75 Å². The highest BCUT2D eigenvalue weighted by molar-refractivity contribution is 7.80. The molecule has 0 aliphatic rings. The summed E-state index contributed by atoms with van der Waals surface area (Å²) in [4.78, 5) is 0. The third kappa shape index (κ3) is 1.93. The molecule has 0 saturated carbocycles. The van der Waals surface area contributed by atoms with Crippen molar-refractivity contribution >= 4 is 18.3 Å². The van der Waals surface area contributed by atoms with E-state index in [1.165, 1.54) is 6.07 Å². The van der Waals surface area contributed by atoms with Gasteiger partial charge in [-0.05, 0) is 12.1 Å². The van der Waals surface area contributed by atoms with Gasteiger partial charge in [-0.15, -0.1) is 0 Å². The summed E-state index contributed by atoms with van der Waals surface area (Å²) in [5, 5.41) is 0. The van der Waals surface area contributed by atoms with Gasteiger partial charge in [-0.3, -0.25) is 0 Å². The normalized spacial score (nSPS) is 8.83. The SMILES string of the molecule is Nc1cccc(C#CCS)c1F. The Bertz CT molecular complexity index is 338. The fourth-order valence-electron chi connectivity index (χ4n) is 0.781. The lowest BCUT2D eigenvalue weighted by atomic mass is 10.2. The van der Waals surface area contributed by atoms with Gasteiger partial charge in [0, 0.05) is 0 Å². The predicted octanol–water partition coefficient (Wildman–Crippen LogP) is 1.69. The Labute approximate surface area is 76.2 Å². The first-order chi connectivity index (χ1) is 5.75. The van der Waals surface area contributed by atoms with E-state index in [2.05, 4.69) is 24.5 Å². The van der Waals surface area contributed by atoms with E-state index in [9.17, 15) is 4.39 Å². The molecule has 0 unspecified atom stereocenters. The summed E-state index contributed by atoms with van der Waals surface area (Å²) >= 11 is 3.88. The predicted molar refractivity (Wildman–Crippen MR) is 51.5 cm³/mol. The van der Waals surface area contributed by atoms with Crippen LogP contribution < -0.4 is 5.73 Å². The summed E-state index contributed by atoms with van der Waals surface area (Å²) in [6.07, 6.45) is 0. The molecule has 62 valence electrons. The van der Waals surface area contributed by atoms with Crippen LogP contribution in [0.5, 0.6) is 0 Å². The fourth-order valence-corrected chi connectivity index (χ4v) is 0.860. The highest BCUT2D eigenvalue weighted by Gasteiger charge is 2.00. The van der Waals surface area contributed by atoms with Crippen LogP contribution >= 0.6 is 12.6 Å². The van der Waals surface area contributed by atoms with Gasteiger partial charge in [0.05, 0.1) is 17.0 Å². The summed E-state index contributed by atoms with van der Waals surface area (Å²) < 4.78 is 13.1. The summed E-state index contributed by atoms with van der Waals surface area (Å²) in [6, 6.07) is 4.75. The van der Waals surface area contributed by atoms with Crippen molar-refractivity contribution in [1.29, 1.82) is 0 Å². The first-order valence-electron chi connectivity index (χ1n) is 3.39. The molecule has 0 spiro atoms. The van der Waals surface area contributed by atoms with Crippen LogP contribution in [0.25, 0.3) is 0 Å². The van der Waals surface area contributed by atoms with Gasteiger partial charge in [0.15, 0.2) is 5.82 Å². The largest absolute Gasteiger partial charge is 0.396 e. The molecule has 0 aromatic heterocycles. The Kier molecular flexibility index (Phi) is 3.01. The maximum atomic E-state index is 13.1. The number of hydrogen-bond donors (Lipinski definition) is 2. The molecule has 1 rings (SSSR count). The van der Waals surface area contributed by atoms with Crippen molar-refractivity contribution in [1.82, 2.24) is 0 Å². The van der Waals surface area contributed by atoms with Crippen molar-refractivity contribution in [3.8, 4) is 11.8 Å². The molecule has 1 nitrogen and oxygen atoms in total. The maximum absolute atomic E-state index is 13.1. The molecule has 3 heteroatoms. The third-order valence-electron chi connectivity index (χ3n) is 1.33. The van der Waals surface area contributed by atoms with E-state index >= 15 is 0 Å². The van der Waals surface area contributed by atoms with Crippen LogP contribution in [0.15, 0.2) is 18.2 Å². The first kappa shape index (κ1) is 8.95. The van der Waals surface area contributed by atoms with E-state index in [1.807, 2.05) is 0 Å². The van der Waals surface area contributed by atoms with E-state index in [0.717, 1.165) is 0 Å². The fraction of sp³-hybridized carbons (Fsp3) is 0.111. The minimum atomic E-state index is -0.452. The van der Waals surface area contributed by atoms with Gasteiger partial charge in [-0.2, -0.15) is 12.6 Å². The molecule has 0 aliphatic carbocycles. The van der Waals surface area contributed by atoms with Gasteiger partial charge in [-0.1, -0.05) is 17.9 Å². The average molecular weight is 181 g/mol. The molecular weight excluding hydrogens is 173 g/mol. The Morgan fingerprint density at radius 1 is 1.50 bits per heavy atom. The molecule has 0 radical (unpaired) electrons. The minimum Gasteiger partial charge on any atom is -0.396 e. The summed E-state index contributed by atoms with van der Waals surface area (Å²) in [7, 11) is 0. The van der Waals surface area contributed by atoms with Crippen molar-refractivity contribution in [2.75, 3.05) is 11.5 Å². The van der Waals surface area contributed by atoms with Crippen LogP contribution in [0, 0.1) is 17.7 Å². The molecule has 0 saturated heterocycles. The number of halogens is 1. The molecule has 0 atom stereocenters. The van der Waals surface area contributed by atoms with Gasteiger partial charge in [-0.25, -0.2) is 4.39 Å². The Morgan fingerprint density at radius 3 is 2.92 bits per heavy atom. The minimum absolute atomic E-state index is 0.126.